The van der Waals surface area contributed by atoms with Crippen LogP contribution >= 0.6 is 0 Å². The first-order valence-corrected chi connectivity index (χ1v) is 9.08. The minimum Gasteiger partial charge on any atom is -0.481 e. The van der Waals surface area contributed by atoms with Crippen LogP contribution in [-0.4, -0.2) is 46.3 Å². The van der Waals surface area contributed by atoms with Crippen LogP contribution in [0.5, 0.6) is 0 Å². The van der Waals surface area contributed by atoms with E-state index in [2.05, 4.69) is 35.2 Å². The standard InChI is InChI=1S/C22H25NO3/c24-20-14-19(15-22(25)26)23(16-20)13-7-12-21(17-8-3-1-4-9-17)18-10-5-2-6-11-18/h1-6,8-12,19-20,24H,7,13-16H2,(H,25,26)/t19-,20-/m0/s1. The monoisotopic (exact) mass is 351 g/mol. The molecule has 26 heavy (non-hydrogen) atoms. The summed E-state index contributed by atoms with van der Waals surface area (Å²) in [6.45, 7) is 1.30. The van der Waals surface area contributed by atoms with Crippen LogP contribution in [0.4, 0.5) is 0 Å². The predicted molar refractivity (Wildman–Crippen MR) is 103 cm³/mol. The van der Waals surface area contributed by atoms with Crippen LogP contribution in [0.15, 0.2) is 66.7 Å². The number of carboxylic acids is 1. The Morgan fingerprint density at radius 1 is 1.04 bits per heavy atom. The van der Waals surface area contributed by atoms with Gasteiger partial charge in [0.2, 0.25) is 0 Å². The first-order valence-electron chi connectivity index (χ1n) is 9.08. The van der Waals surface area contributed by atoms with E-state index in [1.54, 1.807) is 0 Å². The molecule has 4 heteroatoms. The number of carbonyl (C=O) groups is 1. The van der Waals surface area contributed by atoms with Gasteiger partial charge in [0.25, 0.3) is 0 Å². The van der Waals surface area contributed by atoms with Crippen molar-refractivity contribution in [3.05, 3.63) is 77.9 Å². The van der Waals surface area contributed by atoms with E-state index in [4.69, 9.17) is 5.11 Å². The third-order valence-electron chi connectivity index (χ3n) is 4.85. The van der Waals surface area contributed by atoms with Crippen LogP contribution in [0.2, 0.25) is 0 Å². The normalized spacial score (nSPS) is 20.0. The number of carboxylic acid groups (broad SMARTS) is 1. The van der Waals surface area contributed by atoms with Gasteiger partial charge in [0.05, 0.1) is 12.5 Å². The summed E-state index contributed by atoms with van der Waals surface area (Å²) in [5, 5.41) is 19.0. The van der Waals surface area contributed by atoms with E-state index >= 15 is 0 Å². The highest BCUT2D eigenvalue weighted by atomic mass is 16.4. The summed E-state index contributed by atoms with van der Waals surface area (Å²) < 4.78 is 0. The largest absolute Gasteiger partial charge is 0.481 e. The van der Waals surface area contributed by atoms with E-state index < -0.39 is 12.1 Å². The average Bonchev–Trinajstić information content (AvgIpc) is 2.98. The highest BCUT2D eigenvalue weighted by molar-refractivity contribution is 5.79. The van der Waals surface area contributed by atoms with Gasteiger partial charge in [0.1, 0.15) is 0 Å². The van der Waals surface area contributed by atoms with E-state index in [9.17, 15) is 9.90 Å². The number of aliphatic hydroxyl groups is 1. The maximum Gasteiger partial charge on any atom is 0.304 e. The molecule has 2 aromatic rings. The summed E-state index contributed by atoms with van der Waals surface area (Å²) in [4.78, 5) is 13.1. The summed E-state index contributed by atoms with van der Waals surface area (Å²) in [7, 11) is 0. The van der Waals surface area contributed by atoms with Gasteiger partial charge >= 0.3 is 5.97 Å². The Labute approximate surface area is 154 Å². The fourth-order valence-electron chi connectivity index (χ4n) is 3.66. The van der Waals surface area contributed by atoms with Gasteiger partial charge in [-0.2, -0.15) is 0 Å². The van der Waals surface area contributed by atoms with E-state index in [1.807, 2.05) is 36.4 Å². The van der Waals surface area contributed by atoms with Crippen molar-refractivity contribution in [2.45, 2.75) is 31.4 Å². The molecule has 0 amide bonds. The Hall–Kier alpha value is -2.43. The third kappa shape index (κ3) is 4.81. The smallest absolute Gasteiger partial charge is 0.304 e. The Morgan fingerprint density at radius 3 is 2.15 bits per heavy atom. The predicted octanol–water partition coefficient (Wildman–Crippen LogP) is 3.42. The Kier molecular flexibility index (Phi) is 6.21. The third-order valence-corrected chi connectivity index (χ3v) is 4.85. The van der Waals surface area contributed by atoms with Crippen LogP contribution < -0.4 is 0 Å². The summed E-state index contributed by atoms with van der Waals surface area (Å²) in [5.74, 6) is -0.807. The summed E-state index contributed by atoms with van der Waals surface area (Å²) in [6.07, 6.45) is 3.23. The van der Waals surface area contributed by atoms with Crippen molar-refractivity contribution < 1.29 is 15.0 Å². The SMILES string of the molecule is O=C(O)C[C@@H]1C[C@H](O)CN1CCC=C(c1ccccc1)c1ccccc1. The number of aliphatic carboxylic acids is 1. The van der Waals surface area contributed by atoms with Gasteiger partial charge in [0, 0.05) is 19.1 Å². The van der Waals surface area contributed by atoms with Gasteiger partial charge in [0.15, 0.2) is 0 Å². The molecule has 0 aromatic heterocycles. The molecule has 0 radical (unpaired) electrons. The molecule has 2 aromatic carbocycles. The highest BCUT2D eigenvalue weighted by Crippen LogP contribution is 2.25. The van der Waals surface area contributed by atoms with Gasteiger partial charge in [-0.25, -0.2) is 0 Å². The van der Waals surface area contributed by atoms with E-state index in [-0.39, 0.29) is 12.5 Å². The minimum absolute atomic E-state index is 0.0761. The molecule has 0 spiro atoms. The lowest BCUT2D eigenvalue weighted by molar-refractivity contribution is -0.138. The topological polar surface area (TPSA) is 60.8 Å². The minimum atomic E-state index is -0.807. The van der Waals surface area contributed by atoms with Crippen LogP contribution in [-0.2, 0) is 4.79 Å². The summed E-state index contributed by atoms with van der Waals surface area (Å²) in [5.41, 5.74) is 3.52. The number of benzene rings is 2. The van der Waals surface area contributed by atoms with Crippen molar-refractivity contribution in [1.29, 1.82) is 0 Å². The molecule has 2 N–H and O–H groups in total. The van der Waals surface area contributed by atoms with E-state index in [0.717, 1.165) is 13.0 Å². The van der Waals surface area contributed by atoms with Gasteiger partial charge in [-0.05, 0) is 29.5 Å². The average molecular weight is 351 g/mol. The number of hydrogen-bond acceptors (Lipinski definition) is 3. The molecule has 1 saturated heterocycles. The molecule has 4 nitrogen and oxygen atoms in total. The zero-order valence-electron chi connectivity index (χ0n) is 14.8. The molecule has 1 heterocycles. The second-order valence-electron chi connectivity index (χ2n) is 6.77. The van der Waals surface area contributed by atoms with Gasteiger partial charge in [-0.15, -0.1) is 0 Å². The zero-order chi connectivity index (χ0) is 18.4. The lowest BCUT2D eigenvalue weighted by Gasteiger charge is -2.22. The van der Waals surface area contributed by atoms with Crippen molar-refractivity contribution >= 4 is 11.5 Å². The van der Waals surface area contributed by atoms with Crippen molar-refractivity contribution in [2.24, 2.45) is 0 Å². The quantitative estimate of drug-likeness (QED) is 0.802. The van der Waals surface area contributed by atoms with Crippen molar-refractivity contribution in [1.82, 2.24) is 4.90 Å². The lowest BCUT2D eigenvalue weighted by Crippen LogP contribution is -2.32. The molecule has 1 aliphatic heterocycles. The van der Waals surface area contributed by atoms with Crippen LogP contribution in [0, 0.1) is 0 Å². The van der Waals surface area contributed by atoms with Gasteiger partial charge in [-0.3, -0.25) is 9.69 Å². The van der Waals surface area contributed by atoms with Crippen LogP contribution in [0.3, 0.4) is 0 Å². The maximum absolute atomic E-state index is 11.0. The molecular formula is C22H25NO3. The molecule has 136 valence electrons. The van der Waals surface area contributed by atoms with Crippen molar-refractivity contribution in [3.8, 4) is 0 Å². The fraction of sp³-hybridized carbons (Fsp3) is 0.318. The number of nitrogens with zero attached hydrogens (tertiary/aromatic N) is 1. The van der Waals surface area contributed by atoms with E-state index in [1.165, 1.54) is 16.7 Å². The van der Waals surface area contributed by atoms with Gasteiger partial charge < -0.3 is 10.2 Å². The van der Waals surface area contributed by atoms with E-state index in [0.29, 0.717) is 13.0 Å². The number of hydrogen-bond donors (Lipinski definition) is 2. The Balaban J connectivity index is 1.74. The first-order chi connectivity index (χ1) is 12.6. The molecule has 0 unspecified atom stereocenters. The second-order valence-corrected chi connectivity index (χ2v) is 6.77. The molecule has 2 atom stereocenters. The Bertz CT molecular complexity index is 701. The van der Waals surface area contributed by atoms with Crippen molar-refractivity contribution in [2.75, 3.05) is 13.1 Å². The fourth-order valence-corrected chi connectivity index (χ4v) is 3.66. The lowest BCUT2D eigenvalue weighted by atomic mass is 9.97. The molecule has 1 aliphatic rings. The Morgan fingerprint density at radius 2 is 1.62 bits per heavy atom. The van der Waals surface area contributed by atoms with Crippen LogP contribution in [0.25, 0.3) is 5.57 Å². The number of rotatable bonds is 7. The van der Waals surface area contributed by atoms with Crippen LogP contribution in [0.1, 0.15) is 30.4 Å². The van der Waals surface area contributed by atoms with Gasteiger partial charge in [-0.1, -0.05) is 66.7 Å². The zero-order valence-corrected chi connectivity index (χ0v) is 14.8. The molecular weight excluding hydrogens is 326 g/mol. The maximum atomic E-state index is 11.0. The molecule has 3 rings (SSSR count). The summed E-state index contributed by atoms with van der Waals surface area (Å²) in [6, 6.07) is 20.5. The second kappa shape index (κ2) is 8.79. The molecule has 0 bridgehead atoms. The first kappa shape index (κ1) is 18.4. The number of β-amino-alcohol motifs (C(OH)–C–C–N with tert-alkyl or cyclic N) is 1. The van der Waals surface area contributed by atoms with Crippen molar-refractivity contribution in [3.63, 3.8) is 0 Å². The molecule has 0 aliphatic carbocycles. The molecule has 1 fully saturated rings. The number of likely N-dealkylation sites (tertiary alicyclic amines) is 1. The summed E-state index contributed by atoms with van der Waals surface area (Å²) >= 11 is 0. The molecule has 0 saturated carbocycles. The number of aliphatic hydroxyl groups excluding tert-OH is 1. The highest BCUT2D eigenvalue weighted by Gasteiger charge is 2.31.